The normalized spacial score (nSPS) is 28.6. The van der Waals surface area contributed by atoms with Crippen LogP contribution in [0.2, 0.25) is 0 Å². The van der Waals surface area contributed by atoms with Gasteiger partial charge in [-0.2, -0.15) is 0 Å². The Morgan fingerprint density at radius 2 is 1.90 bits per heavy atom. The number of hydrogen-bond donors (Lipinski definition) is 1. The first-order valence-electron chi connectivity index (χ1n) is 9.91. The Morgan fingerprint density at radius 1 is 1.14 bits per heavy atom. The van der Waals surface area contributed by atoms with Crippen molar-refractivity contribution in [2.75, 3.05) is 13.2 Å². The number of furan rings is 1. The first kappa shape index (κ1) is 19.4. The third kappa shape index (κ3) is 2.97. The highest BCUT2D eigenvalue weighted by molar-refractivity contribution is 6.09. The molecular formula is C22H24N2O5. The Bertz CT molecular complexity index is 911. The van der Waals surface area contributed by atoms with E-state index < -0.39 is 29.4 Å². The molecule has 2 aromatic rings. The first-order valence-corrected chi connectivity index (χ1v) is 9.91. The van der Waals surface area contributed by atoms with Crippen LogP contribution in [-0.4, -0.2) is 41.4 Å². The highest BCUT2D eigenvalue weighted by atomic mass is 16.5. The minimum Gasteiger partial charge on any atom is -0.468 e. The predicted molar refractivity (Wildman–Crippen MR) is 103 cm³/mol. The number of hydrogen-bond acceptors (Lipinski definition) is 6. The fourth-order valence-electron chi connectivity index (χ4n) is 4.69. The minimum absolute atomic E-state index is 0.180. The lowest BCUT2D eigenvalue weighted by molar-refractivity contribution is -0.156. The van der Waals surface area contributed by atoms with Crippen LogP contribution < -0.4 is 5.32 Å². The van der Waals surface area contributed by atoms with Gasteiger partial charge in [0.25, 0.3) is 0 Å². The van der Waals surface area contributed by atoms with Crippen LogP contribution in [0, 0.1) is 11.8 Å². The van der Waals surface area contributed by atoms with E-state index in [1.54, 1.807) is 26.0 Å². The topological polar surface area (TPSA) is 88.8 Å². The van der Waals surface area contributed by atoms with E-state index in [0.29, 0.717) is 5.76 Å². The molecule has 1 aromatic carbocycles. The van der Waals surface area contributed by atoms with Crippen molar-refractivity contribution in [3.05, 3.63) is 60.1 Å². The van der Waals surface area contributed by atoms with E-state index in [2.05, 4.69) is 5.32 Å². The molecule has 2 aliphatic rings. The zero-order valence-electron chi connectivity index (χ0n) is 16.5. The van der Waals surface area contributed by atoms with Gasteiger partial charge in [-0.25, -0.2) is 0 Å². The molecule has 2 fully saturated rings. The standard InChI is InChI=1S/C22H24N2O5/c1-3-24-19(25)16-17(20(24)26)22(21(27)28-4-2,13-14-9-6-5-7-10-14)23-18(16)15-11-8-12-29-15/h5-12,16-18,23H,3-4,13H2,1-2H3/t16-,17-,18+,22+/m0/s1. The van der Waals surface area contributed by atoms with Gasteiger partial charge in [-0.1, -0.05) is 30.3 Å². The van der Waals surface area contributed by atoms with Crippen LogP contribution in [0.15, 0.2) is 53.1 Å². The molecule has 0 aliphatic carbocycles. The molecule has 0 saturated carbocycles. The number of imide groups is 1. The SMILES string of the molecule is CCOC(=O)[C@]1(Cc2ccccc2)N[C@H](c2ccco2)[C@H]2C(=O)N(CC)C(=O)[C@H]21. The molecular weight excluding hydrogens is 372 g/mol. The summed E-state index contributed by atoms with van der Waals surface area (Å²) in [5, 5.41) is 3.31. The smallest absolute Gasteiger partial charge is 0.327 e. The first-order chi connectivity index (χ1) is 14.0. The molecule has 1 aromatic heterocycles. The van der Waals surface area contributed by atoms with Gasteiger partial charge in [-0.05, 0) is 31.5 Å². The quantitative estimate of drug-likeness (QED) is 0.594. The van der Waals surface area contributed by atoms with Gasteiger partial charge < -0.3 is 9.15 Å². The average Bonchev–Trinajstić information content (AvgIpc) is 3.41. The van der Waals surface area contributed by atoms with Crippen molar-refractivity contribution in [2.24, 2.45) is 11.8 Å². The van der Waals surface area contributed by atoms with Crippen LogP contribution >= 0.6 is 0 Å². The second kappa shape index (κ2) is 7.48. The summed E-state index contributed by atoms with van der Waals surface area (Å²) in [5.74, 6) is -2.19. The molecule has 0 unspecified atom stereocenters. The summed E-state index contributed by atoms with van der Waals surface area (Å²) in [6.45, 7) is 3.93. The summed E-state index contributed by atoms with van der Waals surface area (Å²) < 4.78 is 11.0. The van der Waals surface area contributed by atoms with Crippen molar-refractivity contribution < 1.29 is 23.5 Å². The van der Waals surface area contributed by atoms with E-state index >= 15 is 0 Å². The maximum atomic E-state index is 13.3. The number of carbonyl (C=O) groups excluding carboxylic acids is 3. The van der Waals surface area contributed by atoms with Gasteiger partial charge in [0.15, 0.2) is 0 Å². The monoisotopic (exact) mass is 396 g/mol. The van der Waals surface area contributed by atoms with Gasteiger partial charge in [0, 0.05) is 13.0 Å². The molecule has 7 nitrogen and oxygen atoms in total. The van der Waals surface area contributed by atoms with Gasteiger partial charge in [-0.15, -0.1) is 0 Å². The van der Waals surface area contributed by atoms with Gasteiger partial charge in [0.1, 0.15) is 11.3 Å². The number of ether oxygens (including phenoxy) is 1. The molecule has 3 heterocycles. The van der Waals surface area contributed by atoms with Gasteiger partial charge in [0.2, 0.25) is 11.8 Å². The van der Waals surface area contributed by atoms with Gasteiger partial charge in [0.05, 0.1) is 30.7 Å². The number of carbonyl (C=O) groups is 3. The number of rotatable bonds is 6. The van der Waals surface area contributed by atoms with Crippen molar-refractivity contribution in [2.45, 2.75) is 31.8 Å². The summed E-state index contributed by atoms with van der Waals surface area (Å²) in [5.41, 5.74) is -0.474. The van der Waals surface area contributed by atoms with Crippen molar-refractivity contribution in [1.29, 1.82) is 0 Å². The van der Waals surface area contributed by atoms with Crippen LogP contribution in [0.3, 0.4) is 0 Å². The van der Waals surface area contributed by atoms with E-state index in [1.165, 1.54) is 11.2 Å². The Labute approximate surface area is 169 Å². The van der Waals surface area contributed by atoms with Crippen LogP contribution in [0.25, 0.3) is 0 Å². The average molecular weight is 396 g/mol. The summed E-state index contributed by atoms with van der Waals surface area (Å²) in [6, 6.07) is 12.3. The molecule has 2 amide bonds. The molecule has 0 radical (unpaired) electrons. The molecule has 4 rings (SSSR count). The summed E-state index contributed by atoms with van der Waals surface area (Å²) in [4.78, 5) is 40.9. The van der Waals surface area contributed by atoms with Crippen molar-refractivity contribution in [3.63, 3.8) is 0 Å². The lowest BCUT2D eigenvalue weighted by atomic mass is 9.76. The number of esters is 1. The predicted octanol–water partition coefficient (Wildman–Crippen LogP) is 2.09. The Hall–Kier alpha value is -2.93. The Kier molecular flexibility index (Phi) is 5.00. The molecule has 2 saturated heterocycles. The molecule has 1 N–H and O–H groups in total. The Morgan fingerprint density at radius 3 is 2.52 bits per heavy atom. The maximum Gasteiger partial charge on any atom is 0.327 e. The lowest BCUT2D eigenvalue weighted by Crippen LogP contribution is -2.58. The van der Waals surface area contributed by atoms with Crippen molar-refractivity contribution >= 4 is 17.8 Å². The van der Waals surface area contributed by atoms with Crippen LogP contribution in [0.4, 0.5) is 0 Å². The molecule has 7 heteroatoms. The number of likely N-dealkylation sites (tertiary alicyclic amines) is 1. The van der Waals surface area contributed by atoms with E-state index in [4.69, 9.17) is 9.15 Å². The summed E-state index contributed by atoms with van der Waals surface area (Å²) in [6.07, 6.45) is 1.76. The third-order valence-corrected chi connectivity index (χ3v) is 5.88. The maximum absolute atomic E-state index is 13.3. The number of fused-ring (bicyclic) bond motifs is 1. The van der Waals surface area contributed by atoms with Gasteiger partial charge >= 0.3 is 5.97 Å². The number of nitrogens with zero attached hydrogens (tertiary/aromatic N) is 1. The lowest BCUT2D eigenvalue weighted by Gasteiger charge is -2.32. The highest BCUT2D eigenvalue weighted by Gasteiger charge is 2.69. The highest BCUT2D eigenvalue weighted by Crippen LogP contribution is 2.50. The molecule has 2 aliphatic heterocycles. The zero-order valence-corrected chi connectivity index (χ0v) is 16.5. The minimum atomic E-state index is -1.35. The second-order valence-electron chi connectivity index (χ2n) is 7.42. The summed E-state index contributed by atoms with van der Waals surface area (Å²) in [7, 11) is 0. The number of nitrogens with one attached hydrogen (secondary N) is 1. The van der Waals surface area contributed by atoms with E-state index in [9.17, 15) is 14.4 Å². The molecule has 152 valence electrons. The van der Waals surface area contributed by atoms with Crippen LogP contribution in [0.1, 0.15) is 31.2 Å². The van der Waals surface area contributed by atoms with E-state index in [0.717, 1.165) is 5.56 Å². The van der Waals surface area contributed by atoms with E-state index in [1.807, 2.05) is 30.3 Å². The molecule has 4 atom stereocenters. The van der Waals surface area contributed by atoms with Crippen molar-refractivity contribution in [1.82, 2.24) is 10.2 Å². The largest absolute Gasteiger partial charge is 0.468 e. The third-order valence-electron chi connectivity index (χ3n) is 5.88. The second-order valence-corrected chi connectivity index (χ2v) is 7.42. The fourth-order valence-corrected chi connectivity index (χ4v) is 4.69. The van der Waals surface area contributed by atoms with Crippen molar-refractivity contribution in [3.8, 4) is 0 Å². The van der Waals surface area contributed by atoms with E-state index in [-0.39, 0.29) is 31.4 Å². The van der Waals surface area contributed by atoms with Crippen LogP contribution in [-0.2, 0) is 25.5 Å². The molecule has 29 heavy (non-hydrogen) atoms. The zero-order chi connectivity index (χ0) is 20.6. The number of benzene rings is 1. The molecule has 0 bridgehead atoms. The van der Waals surface area contributed by atoms with Crippen LogP contribution in [0.5, 0.6) is 0 Å². The molecule has 0 spiro atoms. The van der Waals surface area contributed by atoms with Gasteiger partial charge in [-0.3, -0.25) is 24.6 Å². The Balaban J connectivity index is 1.85. The fraction of sp³-hybridized carbons (Fsp3) is 0.409. The summed E-state index contributed by atoms with van der Waals surface area (Å²) >= 11 is 0. The number of amides is 2.